The van der Waals surface area contributed by atoms with E-state index in [0.29, 0.717) is 0 Å². The molecule has 3 N–H and O–H groups in total. The van der Waals surface area contributed by atoms with Crippen LogP contribution in [0.4, 0.5) is 0 Å². The molecule has 0 unspecified atom stereocenters. The molecule has 6 rings (SSSR count). The highest BCUT2D eigenvalue weighted by molar-refractivity contribution is 7.23. The Morgan fingerprint density at radius 3 is 2.29 bits per heavy atom. The predicted molar refractivity (Wildman–Crippen MR) is 128 cm³/mol. The van der Waals surface area contributed by atoms with Gasteiger partial charge in [0.15, 0.2) is 4.96 Å². The van der Waals surface area contributed by atoms with E-state index in [9.17, 15) is 0 Å². The van der Waals surface area contributed by atoms with E-state index in [1.165, 1.54) is 58.8 Å². The summed E-state index contributed by atoms with van der Waals surface area (Å²) < 4.78 is 3.71. The SMILES string of the molecule is c1ccc(-c2ccc(-c3nc4sc5ccccc5n4c3C[NH+]3CC[NH2+]CC3)cc2)cc1. The van der Waals surface area contributed by atoms with Crippen molar-refractivity contribution in [1.29, 1.82) is 0 Å². The minimum absolute atomic E-state index is 1.02. The maximum absolute atomic E-state index is 5.15. The van der Waals surface area contributed by atoms with Crippen LogP contribution in [0.2, 0.25) is 0 Å². The highest BCUT2D eigenvalue weighted by atomic mass is 32.1. The zero-order valence-electron chi connectivity index (χ0n) is 17.4. The molecular weight excluding hydrogens is 400 g/mol. The van der Waals surface area contributed by atoms with E-state index >= 15 is 0 Å². The Bertz CT molecular complexity index is 1330. The van der Waals surface area contributed by atoms with Gasteiger partial charge >= 0.3 is 0 Å². The molecule has 0 saturated carbocycles. The van der Waals surface area contributed by atoms with Crippen LogP contribution >= 0.6 is 11.3 Å². The standard InChI is InChI=1S/C26H24N4S/c1-2-6-19(7-3-1)20-10-12-21(13-11-20)25-23(18-29-16-14-27-15-17-29)30-22-8-4-5-9-24(22)31-26(30)28-25/h1-13,27H,14-18H2/p+2. The molecule has 0 spiro atoms. The van der Waals surface area contributed by atoms with Crippen molar-refractivity contribution in [2.24, 2.45) is 0 Å². The van der Waals surface area contributed by atoms with E-state index in [-0.39, 0.29) is 0 Å². The number of hydrogen-bond donors (Lipinski definition) is 2. The van der Waals surface area contributed by atoms with Crippen LogP contribution in [0, 0.1) is 0 Å². The van der Waals surface area contributed by atoms with Gasteiger partial charge in [0, 0.05) is 5.56 Å². The molecule has 1 aliphatic rings. The van der Waals surface area contributed by atoms with Crippen molar-refractivity contribution in [2.75, 3.05) is 26.2 Å². The number of piperazine rings is 1. The maximum atomic E-state index is 5.15. The van der Waals surface area contributed by atoms with Gasteiger partial charge in [0.05, 0.1) is 15.9 Å². The van der Waals surface area contributed by atoms with E-state index in [4.69, 9.17) is 4.98 Å². The molecule has 4 nitrogen and oxygen atoms in total. The first kappa shape index (κ1) is 18.8. The van der Waals surface area contributed by atoms with Crippen molar-refractivity contribution in [2.45, 2.75) is 6.54 Å². The summed E-state index contributed by atoms with van der Waals surface area (Å²) in [5.74, 6) is 0. The molecule has 0 radical (unpaired) electrons. The second kappa shape index (κ2) is 7.93. The van der Waals surface area contributed by atoms with Crippen LogP contribution in [0.5, 0.6) is 0 Å². The molecule has 1 aliphatic heterocycles. The van der Waals surface area contributed by atoms with Gasteiger partial charge in [0.1, 0.15) is 38.4 Å². The Hall–Kier alpha value is -2.99. The molecule has 5 heteroatoms. The quantitative estimate of drug-likeness (QED) is 0.456. The second-order valence-corrected chi connectivity index (χ2v) is 9.34. The molecule has 1 saturated heterocycles. The molecule has 0 aliphatic carbocycles. The van der Waals surface area contributed by atoms with E-state index in [1.54, 1.807) is 16.2 Å². The van der Waals surface area contributed by atoms with Crippen LogP contribution < -0.4 is 10.2 Å². The topological polar surface area (TPSA) is 38.4 Å². The Morgan fingerprint density at radius 2 is 1.48 bits per heavy atom. The largest absolute Gasteiger partial charge is 0.337 e. The van der Waals surface area contributed by atoms with E-state index < -0.39 is 0 Å². The first-order chi connectivity index (χ1) is 15.4. The summed E-state index contributed by atoms with van der Waals surface area (Å²) >= 11 is 1.79. The fourth-order valence-corrected chi connectivity index (χ4v) is 5.76. The number of hydrogen-bond acceptors (Lipinski definition) is 2. The maximum Gasteiger partial charge on any atom is 0.195 e. The molecule has 0 amide bonds. The number of fused-ring (bicyclic) bond motifs is 3. The van der Waals surface area contributed by atoms with Gasteiger partial charge in [0.2, 0.25) is 0 Å². The Balaban J connectivity index is 1.46. The number of quaternary nitrogens is 2. The second-order valence-electron chi connectivity index (χ2n) is 8.33. The minimum Gasteiger partial charge on any atom is -0.337 e. The number of benzene rings is 3. The van der Waals surface area contributed by atoms with E-state index in [2.05, 4.69) is 88.6 Å². The number of thiazole rings is 1. The first-order valence-electron chi connectivity index (χ1n) is 11.1. The van der Waals surface area contributed by atoms with Crippen molar-refractivity contribution < 1.29 is 10.2 Å². The van der Waals surface area contributed by atoms with Gasteiger partial charge in [0.25, 0.3) is 0 Å². The van der Waals surface area contributed by atoms with Crippen LogP contribution in [0.25, 0.3) is 37.6 Å². The van der Waals surface area contributed by atoms with Gasteiger partial charge in [-0.15, -0.1) is 0 Å². The zero-order chi connectivity index (χ0) is 20.6. The summed E-state index contributed by atoms with van der Waals surface area (Å²) in [6, 6.07) is 28.2. The number of aromatic nitrogens is 2. The Morgan fingerprint density at radius 1 is 0.806 bits per heavy atom. The van der Waals surface area contributed by atoms with Crippen molar-refractivity contribution in [3.8, 4) is 22.4 Å². The average Bonchev–Trinajstić information content (AvgIpc) is 3.37. The zero-order valence-corrected chi connectivity index (χ0v) is 18.2. The third-order valence-electron chi connectivity index (χ3n) is 6.34. The highest BCUT2D eigenvalue weighted by Crippen LogP contribution is 2.33. The lowest BCUT2D eigenvalue weighted by molar-refractivity contribution is -0.958. The highest BCUT2D eigenvalue weighted by Gasteiger charge is 2.24. The van der Waals surface area contributed by atoms with Crippen molar-refractivity contribution in [1.82, 2.24) is 9.38 Å². The normalized spacial score (nSPS) is 15.1. The van der Waals surface area contributed by atoms with Gasteiger partial charge in [-0.05, 0) is 23.3 Å². The third kappa shape index (κ3) is 3.45. The molecule has 3 aromatic carbocycles. The molecule has 0 atom stereocenters. The minimum atomic E-state index is 1.02. The predicted octanol–water partition coefficient (Wildman–Crippen LogP) is 2.84. The molecule has 1 fully saturated rings. The Kier molecular flexibility index (Phi) is 4.80. The number of nitrogens with zero attached hydrogens (tertiary/aromatic N) is 2. The van der Waals surface area contributed by atoms with E-state index in [0.717, 1.165) is 17.2 Å². The van der Waals surface area contributed by atoms with Gasteiger partial charge in [-0.25, -0.2) is 4.98 Å². The van der Waals surface area contributed by atoms with Crippen molar-refractivity contribution in [3.05, 3.63) is 84.6 Å². The van der Waals surface area contributed by atoms with Crippen molar-refractivity contribution in [3.63, 3.8) is 0 Å². The lowest BCUT2D eigenvalue weighted by Gasteiger charge is -2.22. The summed E-state index contributed by atoms with van der Waals surface area (Å²) in [5.41, 5.74) is 7.46. The number of nitrogens with one attached hydrogen (secondary N) is 1. The molecule has 5 aromatic rings. The van der Waals surface area contributed by atoms with Gasteiger partial charge < -0.3 is 10.2 Å². The fraction of sp³-hybridized carbons (Fsp3) is 0.192. The fourth-order valence-electron chi connectivity index (χ4n) is 4.72. The first-order valence-corrected chi connectivity index (χ1v) is 11.9. The third-order valence-corrected chi connectivity index (χ3v) is 7.36. The Labute approximate surface area is 185 Å². The van der Waals surface area contributed by atoms with Crippen LogP contribution in [-0.2, 0) is 6.54 Å². The van der Waals surface area contributed by atoms with Crippen LogP contribution in [-0.4, -0.2) is 35.6 Å². The van der Waals surface area contributed by atoms with Crippen molar-refractivity contribution >= 4 is 26.5 Å². The molecule has 154 valence electrons. The molecule has 0 bridgehead atoms. The van der Waals surface area contributed by atoms with E-state index in [1.807, 2.05) is 0 Å². The average molecular weight is 427 g/mol. The summed E-state index contributed by atoms with van der Waals surface area (Å²) in [4.78, 5) is 7.90. The van der Waals surface area contributed by atoms with Crippen LogP contribution in [0.3, 0.4) is 0 Å². The number of rotatable bonds is 4. The molecular formula is C26H26N4S+2. The molecule has 2 aromatic heterocycles. The van der Waals surface area contributed by atoms with Gasteiger partial charge in [-0.3, -0.25) is 4.40 Å². The smallest absolute Gasteiger partial charge is 0.195 e. The number of para-hydroxylation sites is 1. The van der Waals surface area contributed by atoms with Crippen LogP contribution in [0.1, 0.15) is 5.69 Å². The number of nitrogens with two attached hydrogens (primary N) is 1. The number of imidazole rings is 1. The molecule has 3 heterocycles. The summed E-state index contributed by atoms with van der Waals surface area (Å²) in [5, 5.41) is 2.43. The monoisotopic (exact) mass is 426 g/mol. The molecule has 31 heavy (non-hydrogen) atoms. The lowest BCUT2D eigenvalue weighted by Crippen LogP contribution is -3.19. The van der Waals surface area contributed by atoms with Crippen LogP contribution in [0.15, 0.2) is 78.9 Å². The summed E-state index contributed by atoms with van der Waals surface area (Å²) in [6.45, 7) is 5.86. The lowest BCUT2D eigenvalue weighted by atomic mass is 10.0. The van der Waals surface area contributed by atoms with Gasteiger partial charge in [-0.2, -0.15) is 0 Å². The van der Waals surface area contributed by atoms with Gasteiger partial charge in [-0.1, -0.05) is 78.1 Å². The summed E-state index contributed by atoms with van der Waals surface area (Å²) in [6.07, 6.45) is 0. The summed E-state index contributed by atoms with van der Waals surface area (Å²) in [7, 11) is 0.